The Hall–Kier alpha value is -4.20. The number of hydrogen-bond donors (Lipinski definition) is 0. The van der Waals surface area contributed by atoms with Crippen LogP contribution in [0.4, 0.5) is 0 Å². The number of nitrogens with zero attached hydrogens (tertiary/aromatic N) is 1. The number of carbonyl (C=O) groups is 1. The topological polar surface area (TPSA) is 91.4 Å². The third kappa shape index (κ3) is 3.22. The molecule has 2 aromatic carbocycles. The van der Waals surface area contributed by atoms with Gasteiger partial charge in [0.05, 0.1) is 51.1 Å². The van der Waals surface area contributed by atoms with E-state index in [9.17, 15) is 9.59 Å². The summed E-state index contributed by atoms with van der Waals surface area (Å²) in [5.41, 5.74) is 0.892. The summed E-state index contributed by atoms with van der Waals surface area (Å²) < 4.78 is 28.0. The summed E-state index contributed by atoms with van der Waals surface area (Å²) in [6.07, 6.45) is 1.53. The van der Waals surface area contributed by atoms with Crippen molar-refractivity contribution in [1.29, 1.82) is 0 Å². The van der Waals surface area contributed by atoms with Gasteiger partial charge in [0, 0.05) is 11.6 Å². The molecule has 0 N–H and O–H groups in total. The highest BCUT2D eigenvalue weighted by molar-refractivity contribution is 5.99. The zero-order valence-corrected chi connectivity index (χ0v) is 18.3. The molecule has 33 heavy (non-hydrogen) atoms. The van der Waals surface area contributed by atoms with Crippen LogP contribution in [-0.2, 0) is 6.54 Å². The maximum Gasteiger partial charge on any atom is 0.291 e. The van der Waals surface area contributed by atoms with Crippen LogP contribution >= 0.6 is 0 Å². The summed E-state index contributed by atoms with van der Waals surface area (Å²) in [7, 11) is 4.56. The van der Waals surface area contributed by atoms with Gasteiger partial charge in [-0.15, -0.1) is 0 Å². The van der Waals surface area contributed by atoms with E-state index >= 15 is 0 Å². The number of ether oxygens (including phenoxy) is 3. The molecule has 5 rings (SSSR count). The molecule has 0 aliphatic carbocycles. The average molecular weight is 447 g/mol. The van der Waals surface area contributed by atoms with Crippen LogP contribution in [0.3, 0.4) is 0 Å². The first-order chi connectivity index (χ1) is 16.1. The van der Waals surface area contributed by atoms with Gasteiger partial charge >= 0.3 is 0 Å². The van der Waals surface area contributed by atoms with Crippen molar-refractivity contribution >= 4 is 16.9 Å². The predicted octanol–water partition coefficient (Wildman–Crippen LogP) is 4.16. The average Bonchev–Trinajstić information content (AvgIpc) is 3.45. The molecule has 0 saturated carbocycles. The van der Waals surface area contributed by atoms with E-state index in [1.165, 1.54) is 32.5 Å². The number of furan rings is 1. The second-order valence-corrected chi connectivity index (χ2v) is 7.53. The van der Waals surface area contributed by atoms with Crippen LogP contribution in [0.2, 0.25) is 0 Å². The zero-order chi connectivity index (χ0) is 23.1. The maximum atomic E-state index is 13.6. The quantitative estimate of drug-likeness (QED) is 0.438. The number of fused-ring (bicyclic) bond motifs is 2. The largest absolute Gasteiger partial charge is 0.496 e. The SMILES string of the molecule is COc1cc(OC)c(C2c3c(oc4ccccc4c3=O)C(=O)N2Cc2ccco2)cc1OC. The minimum atomic E-state index is -0.784. The lowest BCUT2D eigenvalue weighted by atomic mass is 9.97. The summed E-state index contributed by atoms with van der Waals surface area (Å²) in [5, 5.41) is 0.397. The molecule has 0 radical (unpaired) electrons. The molecule has 0 fully saturated rings. The number of rotatable bonds is 6. The summed E-state index contributed by atoms with van der Waals surface area (Å²) in [6.45, 7) is 0.133. The molecule has 8 heteroatoms. The molecule has 0 spiro atoms. The van der Waals surface area contributed by atoms with Crippen molar-refractivity contribution < 1.29 is 27.8 Å². The van der Waals surface area contributed by atoms with Crippen molar-refractivity contribution in [2.75, 3.05) is 21.3 Å². The number of hydrogen-bond acceptors (Lipinski definition) is 7. The highest BCUT2D eigenvalue weighted by atomic mass is 16.5. The number of amides is 1. The van der Waals surface area contributed by atoms with E-state index < -0.39 is 11.9 Å². The smallest absolute Gasteiger partial charge is 0.291 e. The molecule has 2 aromatic heterocycles. The van der Waals surface area contributed by atoms with Crippen LogP contribution in [0.1, 0.15) is 33.5 Å². The maximum absolute atomic E-state index is 13.6. The zero-order valence-electron chi connectivity index (χ0n) is 18.3. The van der Waals surface area contributed by atoms with E-state index in [0.29, 0.717) is 39.5 Å². The summed E-state index contributed by atoms with van der Waals surface area (Å²) in [5.74, 6) is 1.51. The Morgan fingerprint density at radius 3 is 2.33 bits per heavy atom. The number of methoxy groups -OCH3 is 3. The summed E-state index contributed by atoms with van der Waals surface area (Å²) in [6, 6.07) is 13.0. The van der Waals surface area contributed by atoms with Gasteiger partial charge in [-0.3, -0.25) is 9.59 Å². The number of para-hydroxylation sites is 1. The van der Waals surface area contributed by atoms with Crippen LogP contribution < -0.4 is 19.6 Å². The molecule has 1 unspecified atom stereocenters. The van der Waals surface area contributed by atoms with Crippen molar-refractivity contribution in [3.05, 3.63) is 87.7 Å². The van der Waals surface area contributed by atoms with E-state index in [-0.39, 0.29) is 23.3 Å². The molecular formula is C25H21NO7. The molecule has 1 aliphatic heterocycles. The van der Waals surface area contributed by atoms with E-state index in [1.807, 2.05) is 0 Å². The van der Waals surface area contributed by atoms with Gasteiger partial charge in [0.1, 0.15) is 17.1 Å². The van der Waals surface area contributed by atoms with E-state index in [0.717, 1.165) is 0 Å². The van der Waals surface area contributed by atoms with Crippen molar-refractivity contribution in [3.63, 3.8) is 0 Å². The molecule has 1 atom stereocenters. The second-order valence-electron chi connectivity index (χ2n) is 7.53. The lowest BCUT2D eigenvalue weighted by molar-refractivity contribution is 0.0700. The van der Waals surface area contributed by atoms with Crippen molar-refractivity contribution in [3.8, 4) is 17.2 Å². The molecule has 1 amide bonds. The van der Waals surface area contributed by atoms with Gasteiger partial charge in [0.2, 0.25) is 5.76 Å². The molecule has 8 nitrogen and oxygen atoms in total. The number of carbonyl (C=O) groups excluding carboxylic acids is 1. The van der Waals surface area contributed by atoms with Gasteiger partial charge in [-0.1, -0.05) is 12.1 Å². The summed E-state index contributed by atoms with van der Waals surface area (Å²) >= 11 is 0. The minimum Gasteiger partial charge on any atom is -0.496 e. The Morgan fingerprint density at radius 1 is 0.909 bits per heavy atom. The summed E-state index contributed by atoms with van der Waals surface area (Å²) in [4.78, 5) is 28.7. The third-order valence-corrected chi connectivity index (χ3v) is 5.81. The van der Waals surface area contributed by atoms with Gasteiger partial charge in [0.15, 0.2) is 16.9 Å². The Labute approximate surface area is 188 Å². The molecule has 168 valence electrons. The Kier molecular flexibility index (Phi) is 5.05. The Morgan fingerprint density at radius 2 is 1.64 bits per heavy atom. The van der Waals surface area contributed by atoms with Crippen LogP contribution in [-0.4, -0.2) is 32.1 Å². The van der Waals surface area contributed by atoms with Gasteiger partial charge in [-0.25, -0.2) is 0 Å². The highest BCUT2D eigenvalue weighted by Crippen LogP contribution is 2.45. The van der Waals surface area contributed by atoms with Crippen LogP contribution in [0.25, 0.3) is 11.0 Å². The number of benzene rings is 2. The lowest BCUT2D eigenvalue weighted by Gasteiger charge is -2.26. The van der Waals surface area contributed by atoms with Crippen LogP contribution in [0.5, 0.6) is 17.2 Å². The normalized spacial score (nSPS) is 15.1. The van der Waals surface area contributed by atoms with E-state index in [2.05, 4.69) is 0 Å². The first-order valence-corrected chi connectivity index (χ1v) is 10.3. The lowest BCUT2D eigenvalue weighted by Crippen LogP contribution is -2.29. The standard InChI is InChI=1S/C25H21NO7/c1-29-18-12-20(31-3)19(30-2)11-16(18)22-21-23(27)15-8-4-5-9-17(15)33-24(21)25(28)26(22)13-14-7-6-10-32-14/h4-12,22H,13H2,1-3H3. The van der Waals surface area contributed by atoms with Gasteiger partial charge in [-0.2, -0.15) is 0 Å². The van der Waals surface area contributed by atoms with E-state index in [4.69, 9.17) is 23.0 Å². The van der Waals surface area contributed by atoms with E-state index in [1.54, 1.807) is 48.5 Å². The molecule has 4 aromatic rings. The Balaban J connectivity index is 1.79. The second kappa shape index (κ2) is 8.05. The molecule has 0 bridgehead atoms. The van der Waals surface area contributed by atoms with Gasteiger partial charge in [-0.05, 0) is 30.3 Å². The third-order valence-electron chi connectivity index (χ3n) is 5.81. The van der Waals surface area contributed by atoms with Crippen molar-refractivity contribution in [1.82, 2.24) is 4.90 Å². The van der Waals surface area contributed by atoms with Crippen molar-refractivity contribution in [2.24, 2.45) is 0 Å². The van der Waals surface area contributed by atoms with Crippen molar-refractivity contribution in [2.45, 2.75) is 12.6 Å². The predicted molar refractivity (Wildman–Crippen MR) is 119 cm³/mol. The fourth-order valence-corrected chi connectivity index (χ4v) is 4.29. The Bertz CT molecular complexity index is 1400. The molecule has 0 saturated heterocycles. The van der Waals surface area contributed by atoms with Crippen LogP contribution in [0.15, 0.2) is 68.4 Å². The van der Waals surface area contributed by atoms with Gasteiger partial charge < -0.3 is 27.9 Å². The first kappa shape index (κ1) is 20.7. The monoisotopic (exact) mass is 447 g/mol. The minimum absolute atomic E-state index is 0.00657. The van der Waals surface area contributed by atoms with Gasteiger partial charge in [0.25, 0.3) is 5.91 Å². The molecular weight excluding hydrogens is 426 g/mol. The first-order valence-electron chi connectivity index (χ1n) is 10.3. The fourth-order valence-electron chi connectivity index (χ4n) is 4.29. The molecule has 1 aliphatic rings. The molecule has 3 heterocycles. The van der Waals surface area contributed by atoms with Crippen LogP contribution in [0, 0.1) is 0 Å². The fraction of sp³-hybridized carbons (Fsp3) is 0.200. The highest BCUT2D eigenvalue weighted by Gasteiger charge is 2.44.